The molecule has 8 heteroatoms. The summed E-state index contributed by atoms with van der Waals surface area (Å²) in [6, 6.07) is 55.0. The third-order valence-electron chi connectivity index (χ3n) is 12.9. The molecule has 2 aromatic heterocycles. The van der Waals surface area contributed by atoms with E-state index in [9.17, 15) is 0 Å². The van der Waals surface area contributed by atoms with Crippen LogP contribution in [-0.2, 0) is 19.3 Å². The average molecular weight is 1130 g/mol. The Labute approximate surface area is 503 Å². The van der Waals surface area contributed by atoms with E-state index < -0.39 is 0 Å². The van der Waals surface area contributed by atoms with Crippen molar-refractivity contribution in [2.45, 2.75) is 200 Å². The van der Waals surface area contributed by atoms with Gasteiger partial charge < -0.3 is 16.0 Å². The molecule has 9 rings (SSSR count). The maximum absolute atomic E-state index is 5.23. The maximum atomic E-state index is 5.23. The van der Waals surface area contributed by atoms with E-state index in [4.69, 9.17) is 9.97 Å². The van der Waals surface area contributed by atoms with Crippen molar-refractivity contribution in [2.75, 3.05) is 10.6 Å². The Morgan fingerprint density at radius 1 is 0.620 bits per heavy atom. The van der Waals surface area contributed by atoms with Crippen LogP contribution in [0.2, 0.25) is 0 Å². The van der Waals surface area contributed by atoms with Gasteiger partial charge in [-0.15, -0.1) is 0 Å². The number of aliphatic imine (C=N–C) groups is 1. The first-order valence-corrected chi connectivity index (χ1v) is 27.4. The van der Waals surface area contributed by atoms with Crippen molar-refractivity contribution in [2.24, 2.45) is 4.99 Å². The van der Waals surface area contributed by atoms with Gasteiger partial charge in [0.2, 0.25) is 0 Å². The molecule has 0 saturated heterocycles. The summed E-state index contributed by atoms with van der Waals surface area (Å²) in [4.78, 5) is 14.6. The van der Waals surface area contributed by atoms with E-state index in [0.717, 1.165) is 42.0 Å². The van der Waals surface area contributed by atoms with Gasteiger partial charge in [-0.05, 0) is 157 Å². The summed E-state index contributed by atoms with van der Waals surface area (Å²) in [5.74, 6) is 1.05. The monoisotopic (exact) mass is 1120 g/mol. The summed E-state index contributed by atoms with van der Waals surface area (Å²) in [5.41, 5.74) is 16.9. The molecule has 2 aliphatic heterocycles. The molecule has 0 bridgehead atoms. The number of aromatic nitrogens is 2. The minimum absolute atomic E-state index is 0. The van der Waals surface area contributed by atoms with Gasteiger partial charge in [-0.25, -0.2) is 4.98 Å². The van der Waals surface area contributed by atoms with Crippen LogP contribution in [-0.4, -0.2) is 39.3 Å². The minimum Gasteiger partial charge on any atom is -0.382 e. The van der Waals surface area contributed by atoms with Crippen LogP contribution in [0.1, 0.15) is 203 Å². The van der Waals surface area contributed by atoms with Crippen LogP contribution in [0.3, 0.4) is 0 Å². The zero-order chi connectivity index (χ0) is 52.7. The molecule has 5 aromatic carbocycles. The number of nitrogens with one attached hydrogen (secondary N) is 3. The van der Waals surface area contributed by atoms with Crippen LogP contribution in [0.4, 0.5) is 11.4 Å². The van der Waals surface area contributed by atoms with Gasteiger partial charge in [0.1, 0.15) is 0 Å². The second-order valence-corrected chi connectivity index (χ2v) is 23.1. The number of benzene rings is 5. The molecule has 0 amide bonds. The first-order valence-electron chi connectivity index (χ1n) is 26.6. The molecule has 3 unspecified atom stereocenters. The van der Waals surface area contributed by atoms with Gasteiger partial charge >= 0.3 is 18.9 Å². The Morgan fingerprint density at radius 2 is 1.13 bits per heavy atom. The number of anilines is 2. The van der Waals surface area contributed by atoms with Crippen LogP contribution < -0.4 is 34.8 Å². The first kappa shape index (κ1) is 73.7. The molecule has 2 aliphatic rings. The fourth-order valence-electron chi connectivity index (χ4n) is 9.06. The molecule has 3 N–H and O–H groups in total. The number of halogens is 1. The molecule has 7 aromatic rings. The smallest absolute Gasteiger partial charge is 0.382 e. The van der Waals surface area contributed by atoms with Crippen LogP contribution in [0.15, 0.2) is 155 Å². The van der Waals surface area contributed by atoms with Gasteiger partial charge in [-0.3, -0.25) is 9.98 Å². The Bertz CT molecular complexity index is 2860. The van der Waals surface area contributed by atoms with Crippen molar-refractivity contribution < 1.29 is 18.9 Å². The minimum atomic E-state index is -0.0828. The van der Waals surface area contributed by atoms with Crippen LogP contribution >= 0.6 is 15.9 Å². The summed E-state index contributed by atoms with van der Waals surface area (Å²) in [6.07, 6.45) is 7.57. The molecule has 424 valence electrons. The predicted octanol–water partition coefficient (Wildman–Crippen LogP) is 17.6. The summed E-state index contributed by atoms with van der Waals surface area (Å²) in [7, 11) is 0. The molecule has 0 aliphatic carbocycles. The zero-order valence-corrected chi connectivity index (χ0v) is 48.7. The summed E-state index contributed by atoms with van der Waals surface area (Å²) >= 11 is 3.46. The summed E-state index contributed by atoms with van der Waals surface area (Å²) in [6.45, 7) is 28.5. The molecule has 6 nitrogen and oxygen atoms in total. The van der Waals surface area contributed by atoms with E-state index in [1.54, 1.807) is 0 Å². The fraction of sp³-hybridized carbons (Fsp3) is 0.423. The first-order chi connectivity index (χ1) is 34.8. The SMILES string of the molecule is C.C.C.C.C.CC(C)c1[c-]cccc1.CC1CCc2cccc(-c3cccc(C(NC(C)(C)C)c4ccccc4C(C)C)n3)c2N1.CC1CCc2cccc(-c3cccc(C=NC(C)(C)C)n3)c2N1.CCc1ccccc1Br.[Li+]. The molecule has 4 heterocycles. The van der Waals surface area contributed by atoms with Gasteiger partial charge in [0.15, 0.2) is 0 Å². The van der Waals surface area contributed by atoms with E-state index in [1.807, 2.05) is 36.5 Å². The van der Waals surface area contributed by atoms with Crippen molar-refractivity contribution in [3.8, 4) is 22.5 Å². The average Bonchev–Trinajstić information content (AvgIpc) is 3.37. The maximum Gasteiger partial charge on any atom is 1.00 e. The number of nitrogens with zero attached hydrogens (tertiary/aromatic N) is 3. The van der Waals surface area contributed by atoms with E-state index in [2.05, 4.69) is 248 Å². The fourth-order valence-corrected chi connectivity index (χ4v) is 9.62. The van der Waals surface area contributed by atoms with Crippen molar-refractivity contribution in [1.82, 2.24) is 15.3 Å². The van der Waals surface area contributed by atoms with Gasteiger partial charge in [0.05, 0.1) is 34.4 Å². The van der Waals surface area contributed by atoms with Gasteiger partial charge in [0.25, 0.3) is 0 Å². The number of fused-ring (bicyclic) bond motifs is 2. The number of pyridine rings is 2. The second-order valence-electron chi connectivity index (χ2n) is 22.2. The molecule has 0 radical (unpaired) electrons. The third-order valence-corrected chi connectivity index (χ3v) is 13.7. The quantitative estimate of drug-likeness (QED) is 0.0763. The van der Waals surface area contributed by atoms with Crippen LogP contribution in [0.5, 0.6) is 0 Å². The number of para-hydroxylation sites is 2. The van der Waals surface area contributed by atoms with Gasteiger partial charge in [0, 0.05) is 50.8 Å². The summed E-state index contributed by atoms with van der Waals surface area (Å²) in [5, 5.41) is 11.2. The molecular weight excluding hydrogens is 1020 g/mol. The van der Waals surface area contributed by atoms with E-state index in [0.29, 0.717) is 23.9 Å². The molecule has 0 spiro atoms. The number of hydrogen-bond donors (Lipinski definition) is 3. The predicted molar refractivity (Wildman–Crippen MR) is 351 cm³/mol. The van der Waals surface area contributed by atoms with E-state index in [1.165, 1.54) is 73.2 Å². The zero-order valence-electron chi connectivity index (χ0n) is 47.1. The molecule has 0 saturated carbocycles. The molecule has 0 fully saturated rings. The number of hydrogen-bond acceptors (Lipinski definition) is 6. The normalized spacial score (nSPS) is 14.3. The van der Waals surface area contributed by atoms with Crippen molar-refractivity contribution in [3.05, 3.63) is 201 Å². The Morgan fingerprint density at radius 3 is 1.59 bits per heavy atom. The Balaban J connectivity index is 0.00000113. The second kappa shape index (κ2) is 34.8. The Hall–Kier alpha value is -5.29. The summed E-state index contributed by atoms with van der Waals surface area (Å²) < 4.78 is 1.22. The van der Waals surface area contributed by atoms with Gasteiger partial charge in [-0.1, -0.05) is 179 Å². The Kier molecular flexibility index (Phi) is 32.4. The largest absolute Gasteiger partial charge is 1.00 e. The van der Waals surface area contributed by atoms with Crippen molar-refractivity contribution >= 4 is 33.5 Å². The number of aryl methyl sites for hydroxylation is 3. The molecular formula is C71H102BrLiN6. The third kappa shape index (κ3) is 22.3. The van der Waals surface area contributed by atoms with Crippen molar-refractivity contribution in [1.29, 1.82) is 0 Å². The van der Waals surface area contributed by atoms with Crippen molar-refractivity contribution in [3.63, 3.8) is 0 Å². The number of rotatable bonds is 9. The molecule has 3 atom stereocenters. The van der Waals surface area contributed by atoms with E-state index in [-0.39, 0.29) is 73.1 Å². The van der Waals surface area contributed by atoms with Crippen LogP contribution in [0, 0.1) is 6.07 Å². The van der Waals surface area contributed by atoms with Crippen LogP contribution in [0.25, 0.3) is 22.5 Å². The molecule has 79 heavy (non-hydrogen) atoms. The topological polar surface area (TPSA) is 74.2 Å². The van der Waals surface area contributed by atoms with E-state index >= 15 is 0 Å². The standard InChI is InChI=1S/C29H37N3.C20H25N3.C9H11.C8H9Br.5CH4.Li/c1-19(2)22-12-7-8-13-23(22)28(32-29(4,5)6)26-16-10-15-25(31-26)24-14-9-11-21-18-17-20(3)30-27(21)24;1-14-11-12-15-7-5-9-17(19(15)22-14)18-10-6-8-16(23-18)13-21-20(2,3)4;1-8(2)9-6-4-3-5-7-9;1-2-7-5-3-4-6-8(7)9;;;;;;/h7-16,19-20,28,30,32H,17-18H2,1-6H3;5-10,13-14,22H,11-12H2,1-4H3;3-6,8H,1-2H3;3-6H,2H2,1H3;5*1H4;/q;;-1;;;;;;;+1. The van der Waals surface area contributed by atoms with Gasteiger partial charge in [-0.2, -0.15) is 35.9 Å².